The Balaban J connectivity index is 2.05. The topological polar surface area (TPSA) is 98.7 Å². The number of para-hydroxylation sites is 1. The van der Waals surface area contributed by atoms with Gasteiger partial charge in [0.05, 0.1) is 5.56 Å². The summed E-state index contributed by atoms with van der Waals surface area (Å²) in [5.74, 6) is -1.85. The third-order valence-electron chi connectivity index (χ3n) is 2.90. The lowest BCUT2D eigenvalue weighted by Gasteiger charge is -2.16. The number of nitrogens with one attached hydrogen (secondary N) is 1. The second-order valence-corrected chi connectivity index (χ2v) is 4.58. The van der Waals surface area contributed by atoms with Gasteiger partial charge in [-0.1, -0.05) is 30.0 Å². The molecule has 0 bridgehead atoms. The number of carboxylic acids is 1. The molecule has 0 aliphatic rings. The van der Waals surface area contributed by atoms with Gasteiger partial charge in [0.2, 0.25) is 0 Å². The molecule has 2 aromatic carbocycles. The van der Waals surface area contributed by atoms with Crippen LogP contribution >= 0.6 is 0 Å². The normalized spacial score (nSPS) is 11.5. The van der Waals surface area contributed by atoms with Crippen molar-refractivity contribution in [1.82, 2.24) is 0 Å². The van der Waals surface area contributed by atoms with E-state index in [2.05, 4.69) is 5.32 Å². The second kappa shape index (κ2) is 6.62. The molecule has 22 heavy (non-hydrogen) atoms. The van der Waals surface area contributed by atoms with Gasteiger partial charge in [-0.2, -0.15) is 0 Å². The van der Waals surface area contributed by atoms with Crippen molar-refractivity contribution in [2.75, 3.05) is 5.32 Å². The molecule has 0 heterocycles. The van der Waals surface area contributed by atoms with Crippen molar-refractivity contribution in [3.8, 4) is 11.5 Å². The van der Waals surface area contributed by atoms with Gasteiger partial charge in [0.1, 0.15) is 5.75 Å². The van der Waals surface area contributed by atoms with Crippen molar-refractivity contribution in [3.05, 3.63) is 54.1 Å². The van der Waals surface area contributed by atoms with E-state index in [1.54, 1.807) is 31.2 Å². The Morgan fingerprint density at radius 2 is 1.86 bits per heavy atom. The van der Waals surface area contributed by atoms with E-state index in [9.17, 15) is 14.7 Å². The molecule has 0 aromatic heterocycles. The average molecular weight is 300 g/mol. The quantitative estimate of drug-likeness (QED) is 0.878. The number of amides is 1. The van der Waals surface area contributed by atoms with Gasteiger partial charge in [-0.25, -0.2) is 4.79 Å². The molecule has 0 spiro atoms. The first-order chi connectivity index (χ1) is 10.5. The predicted molar refractivity (Wildman–Crippen MR) is 78.0 cm³/mol. The maximum absolute atomic E-state index is 12.0. The van der Waals surface area contributed by atoms with Crippen LogP contribution in [0.4, 0.5) is 5.69 Å². The van der Waals surface area contributed by atoms with Crippen molar-refractivity contribution in [2.24, 2.45) is 0 Å². The van der Waals surface area contributed by atoms with Crippen LogP contribution in [-0.4, -0.2) is 23.1 Å². The van der Waals surface area contributed by atoms with E-state index in [1.165, 1.54) is 6.07 Å². The lowest BCUT2D eigenvalue weighted by Crippen LogP contribution is -2.30. The van der Waals surface area contributed by atoms with Crippen LogP contribution in [-0.2, 0) is 4.79 Å². The van der Waals surface area contributed by atoms with Crippen molar-refractivity contribution in [2.45, 2.75) is 13.0 Å². The largest absolute Gasteiger partial charge is 0.872 e. The van der Waals surface area contributed by atoms with E-state index in [4.69, 9.17) is 9.84 Å². The van der Waals surface area contributed by atoms with Gasteiger partial charge in [-0.3, -0.25) is 4.79 Å². The molecule has 0 fully saturated rings. The van der Waals surface area contributed by atoms with Crippen LogP contribution in [0.5, 0.6) is 11.5 Å². The maximum atomic E-state index is 12.0. The van der Waals surface area contributed by atoms with Gasteiger partial charge in [0.15, 0.2) is 6.10 Å². The van der Waals surface area contributed by atoms with Gasteiger partial charge >= 0.3 is 5.97 Å². The Hall–Kier alpha value is -3.02. The number of ether oxygens (including phenoxy) is 1. The minimum absolute atomic E-state index is 0.227. The molecule has 0 saturated carbocycles. The smallest absolute Gasteiger partial charge is 0.335 e. The Bertz CT molecular complexity index is 684. The third kappa shape index (κ3) is 3.76. The zero-order chi connectivity index (χ0) is 16.1. The number of carbonyl (C=O) groups excluding carboxylic acids is 1. The first-order valence-corrected chi connectivity index (χ1v) is 6.54. The molecule has 0 saturated heterocycles. The highest BCUT2D eigenvalue weighted by Gasteiger charge is 2.15. The molecule has 0 unspecified atom stereocenters. The number of rotatable bonds is 5. The van der Waals surface area contributed by atoms with Crippen LogP contribution in [0.2, 0.25) is 0 Å². The molecular weight excluding hydrogens is 286 g/mol. The fourth-order valence-corrected chi connectivity index (χ4v) is 1.78. The molecule has 1 amide bonds. The standard InChI is InChI=1S/C16H15NO5/c1-10(22-12-5-3-2-4-6-12)15(19)17-11-7-8-14(18)13(9-11)16(20)21/h2-10,18H,1H3,(H,17,19)(H,20,21)/p-1/t10-/m0/s1. The summed E-state index contributed by atoms with van der Waals surface area (Å²) < 4.78 is 5.46. The van der Waals surface area contributed by atoms with Crippen LogP contribution in [0.15, 0.2) is 48.5 Å². The monoisotopic (exact) mass is 300 g/mol. The summed E-state index contributed by atoms with van der Waals surface area (Å²) in [7, 11) is 0. The van der Waals surface area contributed by atoms with E-state index in [0.717, 1.165) is 12.1 Å². The zero-order valence-electron chi connectivity index (χ0n) is 11.8. The SMILES string of the molecule is C[C@H](Oc1ccccc1)C(=O)Nc1ccc([O-])c(C(=O)O)c1. The summed E-state index contributed by atoms with van der Waals surface area (Å²) in [6.45, 7) is 1.57. The molecular formula is C16H14NO5-. The zero-order valence-corrected chi connectivity index (χ0v) is 11.8. The number of carbonyl (C=O) groups is 2. The Labute approximate surface area is 127 Å². The summed E-state index contributed by atoms with van der Waals surface area (Å²) in [5, 5.41) is 22.8. The molecule has 1 atom stereocenters. The van der Waals surface area contributed by atoms with Gasteiger partial charge in [0, 0.05) is 5.69 Å². The second-order valence-electron chi connectivity index (χ2n) is 4.58. The van der Waals surface area contributed by atoms with E-state index >= 15 is 0 Å². The predicted octanol–water partition coefficient (Wildman–Crippen LogP) is 1.86. The molecule has 0 radical (unpaired) electrons. The number of hydrogen-bond acceptors (Lipinski definition) is 4. The number of anilines is 1. The van der Waals surface area contributed by atoms with Crippen LogP contribution in [0.1, 0.15) is 17.3 Å². The average Bonchev–Trinajstić information content (AvgIpc) is 2.49. The van der Waals surface area contributed by atoms with Gasteiger partial charge in [-0.05, 0) is 31.2 Å². The lowest BCUT2D eigenvalue weighted by atomic mass is 10.1. The van der Waals surface area contributed by atoms with Crippen LogP contribution < -0.4 is 15.2 Å². The molecule has 2 rings (SSSR count). The number of hydrogen-bond donors (Lipinski definition) is 2. The van der Waals surface area contributed by atoms with Crippen LogP contribution in [0, 0.1) is 0 Å². The Morgan fingerprint density at radius 1 is 1.18 bits per heavy atom. The fraction of sp³-hybridized carbons (Fsp3) is 0.125. The number of benzene rings is 2. The summed E-state index contributed by atoms with van der Waals surface area (Å²) in [5.41, 5.74) is -0.167. The van der Waals surface area contributed by atoms with E-state index in [-0.39, 0.29) is 5.69 Å². The summed E-state index contributed by atoms with van der Waals surface area (Å²) in [4.78, 5) is 22.9. The molecule has 2 aromatic rings. The van der Waals surface area contributed by atoms with Crippen molar-refractivity contribution in [1.29, 1.82) is 0 Å². The number of aromatic carboxylic acids is 1. The molecule has 6 heteroatoms. The van der Waals surface area contributed by atoms with Crippen LogP contribution in [0.3, 0.4) is 0 Å². The minimum atomic E-state index is -1.34. The third-order valence-corrected chi connectivity index (χ3v) is 2.90. The molecule has 0 aliphatic heterocycles. The van der Waals surface area contributed by atoms with E-state index in [1.807, 2.05) is 6.07 Å². The van der Waals surface area contributed by atoms with Crippen molar-refractivity contribution >= 4 is 17.6 Å². The lowest BCUT2D eigenvalue weighted by molar-refractivity contribution is -0.268. The van der Waals surface area contributed by atoms with Crippen molar-refractivity contribution in [3.63, 3.8) is 0 Å². The molecule has 0 aliphatic carbocycles. The fourth-order valence-electron chi connectivity index (χ4n) is 1.78. The molecule has 114 valence electrons. The maximum Gasteiger partial charge on any atom is 0.335 e. The van der Waals surface area contributed by atoms with Gasteiger partial charge in [-0.15, -0.1) is 0 Å². The summed E-state index contributed by atoms with van der Waals surface area (Å²) >= 11 is 0. The number of carboxylic acid groups (broad SMARTS) is 1. The Kier molecular flexibility index (Phi) is 4.63. The summed E-state index contributed by atoms with van der Waals surface area (Å²) in [6, 6.07) is 12.4. The minimum Gasteiger partial charge on any atom is -0.872 e. The van der Waals surface area contributed by atoms with Crippen molar-refractivity contribution < 1.29 is 24.5 Å². The first-order valence-electron chi connectivity index (χ1n) is 6.54. The Morgan fingerprint density at radius 3 is 2.50 bits per heavy atom. The molecule has 6 nitrogen and oxygen atoms in total. The van der Waals surface area contributed by atoms with Crippen LogP contribution in [0.25, 0.3) is 0 Å². The van der Waals surface area contributed by atoms with Gasteiger partial charge < -0.3 is 20.3 Å². The molecule has 2 N–H and O–H groups in total. The highest BCUT2D eigenvalue weighted by Crippen LogP contribution is 2.19. The highest BCUT2D eigenvalue weighted by atomic mass is 16.5. The highest BCUT2D eigenvalue weighted by molar-refractivity contribution is 5.97. The van der Waals surface area contributed by atoms with E-state index < -0.39 is 29.3 Å². The van der Waals surface area contributed by atoms with Gasteiger partial charge in [0.25, 0.3) is 5.91 Å². The summed E-state index contributed by atoms with van der Waals surface area (Å²) in [6.07, 6.45) is -0.775. The first kappa shape index (κ1) is 15.4. The van der Waals surface area contributed by atoms with E-state index in [0.29, 0.717) is 5.75 Å².